The molecule has 0 spiro atoms. The van der Waals surface area contributed by atoms with E-state index in [0.29, 0.717) is 5.56 Å². The SMILES string of the molecule is C[C@H](C(=O)NC1CCCC1)N(Cc1c(Cl)cccc1Cl)C(=O)CN(c1ccccc1F)S(=O)(=O)c1ccccc1. The first-order valence-corrected chi connectivity index (χ1v) is 15.1. The van der Waals surface area contributed by atoms with Crippen LogP contribution in [0.4, 0.5) is 10.1 Å². The summed E-state index contributed by atoms with van der Waals surface area (Å²) in [7, 11) is -4.37. The van der Waals surface area contributed by atoms with Gasteiger partial charge in [-0.15, -0.1) is 0 Å². The van der Waals surface area contributed by atoms with Gasteiger partial charge in [0.05, 0.1) is 10.6 Å². The van der Waals surface area contributed by atoms with Crippen LogP contribution in [-0.2, 0) is 26.2 Å². The molecule has 1 fully saturated rings. The number of rotatable bonds is 10. The monoisotopic (exact) mass is 605 g/mol. The van der Waals surface area contributed by atoms with Crippen molar-refractivity contribution >= 4 is 50.7 Å². The average molecular weight is 607 g/mol. The van der Waals surface area contributed by atoms with Crippen LogP contribution in [0.15, 0.2) is 77.7 Å². The number of halogens is 3. The van der Waals surface area contributed by atoms with E-state index in [1.807, 2.05) is 0 Å². The Labute approximate surface area is 243 Å². The molecule has 1 N–H and O–H groups in total. The van der Waals surface area contributed by atoms with Crippen LogP contribution in [0.25, 0.3) is 0 Å². The zero-order valence-electron chi connectivity index (χ0n) is 21.9. The summed E-state index contributed by atoms with van der Waals surface area (Å²) < 4.78 is 43.1. The standard InChI is InChI=1S/C29H30Cl2FN3O4S/c1-20(29(37)33-21-10-5-6-11-21)34(18-23-24(30)14-9-15-25(23)31)28(36)19-35(27-17-8-7-16-26(27)32)40(38,39)22-12-3-2-4-13-22/h2-4,7-9,12-17,20-21H,5-6,10-11,18-19H2,1H3,(H,33,37)/t20-/m1/s1. The van der Waals surface area contributed by atoms with Gasteiger partial charge in [0, 0.05) is 28.2 Å². The summed E-state index contributed by atoms with van der Waals surface area (Å²) in [5, 5.41) is 3.57. The molecule has 0 heterocycles. The van der Waals surface area contributed by atoms with Crippen LogP contribution in [0.2, 0.25) is 10.0 Å². The molecule has 0 radical (unpaired) electrons. The van der Waals surface area contributed by atoms with Crippen molar-refractivity contribution in [1.29, 1.82) is 0 Å². The highest BCUT2D eigenvalue weighted by Crippen LogP contribution is 2.29. The van der Waals surface area contributed by atoms with Gasteiger partial charge < -0.3 is 10.2 Å². The summed E-state index contributed by atoms with van der Waals surface area (Å²) in [6, 6.07) is 16.7. The lowest BCUT2D eigenvalue weighted by Crippen LogP contribution is -2.52. The lowest BCUT2D eigenvalue weighted by molar-refractivity contribution is -0.139. The first-order valence-electron chi connectivity index (χ1n) is 12.9. The van der Waals surface area contributed by atoms with E-state index < -0.39 is 34.3 Å². The van der Waals surface area contributed by atoms with E-state index in [1.54, 1.807) is 31.2 Å². The van der Waals surface area contributed by atoms with Gasteiger partial charge >= 0.3 is 0 Å². The normalized spacial score (nSPS) is 14.5. The summed E-state index contributed by atoms with van der Waals surface area (Å²) in [4.78, 5) is 28.3. The summed E-state index contributed by atoms with van der Waals surface area (Å²) in [5.74, 6) is -1.93. The third-order valence-electron chi connectivity index (χ3n) is 6.99. The Bertz CT molecular complexity index is 1450. The predicted octanol–water partition coefficient (Wildman–Crippen LogP) is 5.80. The number of nitrogens with one attached hydrogen (secondary N) is 1. The maximum absolute atomic E-state index is 15.0. The van der Waals surface area contributed by atoms with Crippen molar-refractivity contribution in [3.05, 3.63) is 94.2 Å². The summed E-state index contributed by atoms with van der Waals surface area (Å²) in [6.07, 6.45) is 3.70. The van der Waals surface area contributed by atoms with Crippen molar-refractivity contribution in [2.24, 2.45) is 0 Å². The molecule has 0 aromatic heterocycles. The maximum atomic E-state index is 15.0. The van der Waals surface area contributed by atoms with Gasteiger partial charge in [-0.3, -0.25) is 13.9 Å². The molecule has 1 saturated carbocycles. The van der Waals surface area contributed by atoms with Gasteiger partial charge in [-0.1, -0.05) is 72.4 Å². The van der Waals surface area contributed by atoms with Crippen LogP contribution in [-0.4, -0.2) is 43.8 Å². The second-order valence-electron chi connectivity index (χ2n) is 9.66. The second kappa shape index (κ2) is 13.0. The minimum Gasteiger partial charge on any atom is -0.352 e. The van der Waals surface area contributed by atoms with E-state index in [2.05, 4.69) is 5.32 Å². The van der Waals surface area contributed by atoms with Crippen molar-refractivity contribution in [2.45, 2.75) is 56.1 Å². The van der Waals surface area contributed by atoms with Gasteiger partial charge in [-0.25, -0.2) is 12.8 Å². The fourth-order valence-electron chi connectivity index (χ4n) is 4.72. The third kappa shape index (κ3) is 6.77. The molecule has 0 aliphatic heterocycles. The lowest BCUT2D eigenvalue weighted by Gasteiger charge is -2.33. The predicted molar refractivity (Wildman–Crippen MR) is 154 cm³/mol. The summed E-state index contributed by atoms with van der Waals surface area (Å²) in [6.45, 7) is 0.639. The van der Waals surface area contributed by atoms with E-state index >= 15 is 0 Å². The number of carbonyl (C=O) groups excluding carboxylic acids is 2. The number of hydrogen-bond acceptors (Lipinski definition) is 4. The van der Waals surface area contributed by atoms with Crippen molar-refractivity contribution in [2.75, 3.05) is 10.8 Å². The smallest absolute Gasteiger partial charge is 0.264 e. The Morgan fingerprint density at radius 1 is 0.950 bits per heavy atom. The van der Waals surface area contributed by atoms with Gasteiger partial charge in [0.2, 0.25) is 11.8 Å². The topological polar surface area (TPSA) is 86.8 Å². The van der Waals surface area contributed by atoms with Gasteiger partial charge in [-0.05, 0) is 56.2 Å². The maximum Gasteiger partial charge on any atom is 0.264 e. The number of anilines is 1. The highest BCUT2D eigenvalue weighted by Gasteiger charge is 2.34. The molecule has 4 rings (SSSR count). The van der Waals surface area contributed by atoms with Crippen LogP contribution in [0.5, 0.6) is 0 Å². The number of nitrogens with zero attached hydrogens (tertiary/aromatic N) is 2. The number of benzene rings is 3. The number of hydrogen-bond donors (Lipinski definition) is 1. The Morgan fingerprint density at radius 3 is 2.17 bits per heavy atom. The number of para-hydroxylation sites is 1. The van der Waals surface area contributed by atoms with Crippen molar-refractivity contribution in [3.63, 3.8) is 0 Å². The molecule has 212 valence electrons. The Hall–Kier alpha value is -3.14. The molecular weight excluding hydrogens is 576 g/mol. The minimum atomic E-state index is -4.37. The highest BCUT2D eigenvalue weighted by molar-refractivity contribution is 7.92. The molecule has 40 heavy (non-hydrogen) atoms. The summed E-state index contributed by atoms with van der Waals surface area (Å²) >= 11 is 12.8. The second-order valence-corrected chi connectivity index (χ2v) is 12.3. The lowest BCUT2D eigenvalue weighted by atomic mass is 10.1. The van der Waals surface area contributed by atoms with Crippen LogP contribution >= 0.6 is 23.2 Å². The number of sulfonamides is 1. The molecule has 3 aromatic carbocycles. The van der Waals surface area contributed by atoms with E-state index in [0.717, 1.165) is 36.1 Å². The van der Waals surface area contributed by atoms with Crippen molar-refractivity contribution < 1.29 is 22.4 Å². The fourth-order valence-corrected chi connectivity index (χ4v) is 6.68. The molecular formula is C29H30Cl2FN3O4S. The van der Waals surface area contributed by atoms with Gasteiger partial charge in [0.1, 0.15) is 18.4 Å². The van der Waals surface area contributed by atoms with E-state index in [9.17, 15) is 22.4 Å². The first-order chi connectivity index (χ1) is 19.1. The molecule has 3 aromatic rings. The average Bonchev–Trinajstić information content (AvgIpc) is 3.45. The first kappa shape index (κ1) is 29.8. The quantitative estimate of drug-likeness (QED) is 0.316. The fraction of sp³-hybridized carbons (Fsp3) is 0.310. The molecule has 1 aliphatic carbocycles. The summed E-state index contributed by atoms with van der Waals surface area (Å²) in [5.41, 5.74) is 0.113. The third-order valence-corrected chi connectivity index (χ3v) is 9.47. The van der Waals surface area contributed by atoms with E-state index in [-0.39, 0.29) is 39.1 Å². The van der Waals surface area contributed by atoms with Crippen molar-refractivity contribution in [3.8, 4) is 0 Å². The number of amides is 2. The highest BCUT2D eigenvalue weighted by atomic mass is 35.5. The molecule has 2 amide bonds. The Morgan fingerprint density at radius 2 is 1.55 bits per heavy atom. The Kier molecular flexibility index (Phi) is 9.71. The molecule has 7 nitrogen and oxygen atoms in total. The molecule has 0 bridgehead atoms. The molecule has 11 heteroatoms. The van der Waals surface area contributed by atoms with E-state index in [4.69, 9.17) is 23.2 Å². The molecule has 1 atom stereocenters. The minimum absolute atomic E-state index is 0.00387. The largest absolute Gasteiger partial charge is 0.352 e. The number of carbonyl (C=O) groups is 2. The molecule has 0 saturated heterocycles. The molecule has 1 aliphatic rings. The van der Waals surface area contributed by atoms with Crippen molar-refractivity contribution in [1.82, 2.24) is 10.2 Å². The van der Waals surface area contributed by atoms with Crippen LogP contribution < -0.4 is 9.62 Å². The Balaban J connectivity index is 1.72. The van der Waals surface area contributed by atoms with Crippen LogP contribution in [0, 0.1) is 5.82 Å². The zero-order valence-corrected chi connectivity index (χ0v) is 24.2. The van der Waals surface area contributed by atoms with E-state index in [1.165, 1.54) is 47.4 Å². The zero-order chi connectivity index (χ0) is 28.9. The van der Waals surface area contributed by atoms with Gasteiger partial charge in [0.15, 0.2) is 0 Å². The van der Waals surface area contributed by atoms with Gasteiger partial charge in [0.25, 0.3) is 10.0 Å². The van der Waals surface area contributed by atoms with Crippen LogP contribution in [0.3, 0.4) is 0 Å². The van der Waals surface area contributed by atoms with Gasteiger partial charge in [-0.2, -0.15) is 0 Å². The van der Waals surface area contributed by atoms with Crippen LogP contribution in [0.1, 0.15) is 38.2 Å². The molecule has 0 unspecified atom stereocenters.